The standard InChI is InChI=1S/C20H20FNO5S/c1-22(28(24,25)18-10-8-16(21)9-11-18)12-4-7-20(23)26-14-17-13-15-5-2-3-6-19(15)27-17/h2-3,5-6,8-11,13H,4,7,12,14H2,1H3. The van der Waals surface area contributed by atoms with Crippen LogP contribution < -0.4 is 0 Å². The van der Waals surface area contributed by atoms with Gasteiger partial charge in [-0.2, -0.15) is 0 Å². The van der Waals surface area contributed by atoms with Gasteiger partial charge in [-0.1, -0.05) is 18.2 Å². The van der Waals surface area contributed by atoms with Crippen molar-refractivity contribution < 1.29 is 26.8 Å². The summed E-state index contributed by atoms with van der Waals surface area (Å²) < 4.78 is 49.6. The highest BCUT2D eigenvalue weighted by molar-refractivity contribution is 7.89. The molecule has 0 saturated carbocycles. The molecule has 6 nitrogen and oxygen atoms in total. The second-order valence-electron chi connectivity index (χ2n) is 6.30. The van der Waals surface area contributed by atoms with E-state index in [1.807, 2.05) is 30.3 Å². The first kappa shape index (κ1) is 20.0. The molecule has 1 heterocycles. The van der Waals surface area contributed by atoms with Crippen LogP contribution in [0.4, 0.5) is 4.39 Å². The number of esters is 1. The Bertz CT molecular complexity index is 1030. The van der Waals surface area contributed by atoms with Crippen molar-refractivity contribution in [1.29, 1.82) is 0 Å². The lowest BCUT2D eigenvalue weighted by Crippen LogP contribution is -2.28. The zero-order valence-electron chi connectivity index (χ0n) is 15.3. The molecule has 3 rings (SSSR count). The molecule has 0 fully saturated rings. The third-order valence-corrected chi connectivity index (χ3v) is 6.10. The van der Waals surface area contributed by atoms with Gasteiger partial charge in [-0.05, 0) is 42.8 Å². The van der Waals surface area contributed by atoms with Gasteiger partial charge in [0.15, 0.2) is 0 Å². The molecule has 0 radical (unpaired) electrons. The van der Waals surface area contributed by atoms with Crippen molar-refractivity contribution in [3.63, 3.8) is 0 Å². The molecule has 0 N–H and O–H groups in total. The van der Waals surface area contributed by atoms with Crippen molar-refractivity contribution in [2.75, 3.05) is 13.6 Å². The van der Waals surface area contributed by atoms with Crippen LogP contribution in [0.25, 0.3) is 11.0 Å². The number of carbonyl (C=O) groups excluding carboxylic acids is 1. The molecule has 0 saturated heterocycles. The topological polar surface area (TPSA) is 76.8 Å². The van der Waals surface area contributed by atoms with E-state index in [2.05, 4.69) is 0 Å². The van der Waals surface area contributed by atoms with Crippen molar-refractivity contribution in [3.05, 3.63) is 66.2 Å². The van der Waals surface area contributed by atoms with E-state index < -0.39 is 21.8 Å². The minimum absolute atomic E-state index is 0.00358. The van der Waals surface area contributed by atoms with Crippen LogP contribution in [-0.2, 0) is 26.2 Å². The highest BCUT2D eigenvalue weighted by Gasteiger charge is 2.20. The molecule has 28 heavy (non-hydrogen) atoms. The van der Waals surface area contributed by atoms with Crippen molar-refractivity contribution in [1.82, 2.24) is 4.31 Å². The Morgan fingerprint density at radius 2 is 1.86 bits per heavy atom. The van der Waals surface area contributed by atoms with Crippen LogP contribution in [-0.4, -0.2) is 32.3 Å². The number of furan rings is 1. The molecule has 0 unspecified atom stereocenters. The maximum absolute atomic E-state index is 13.0. The average molecular weight is 405 g/mol. The normalized spacial score (nSPS) is 11.8. The van der Waals surface area contributed by atoms with Gasteiger partial charge in [-0.15, -0.1) is 0 Å². The number of para-hydroxylation sites is 1. The summed E-state index contributed by atoms with van der Waals surface area (Å²) in [5, 5.41) is 0.932. The predicted octanol–water partition coefficient (Wildman–Crippen LogP) is 3.72. The molecule has 1 aromatic heterocycles. The van der Waals surface area contributed by atoms with Crippen LogP contribution in [0.1, 0.15) is 18.6 Å². The van der Waals surface area contributed by atoms with E-state index in [0.717, 1.165) is 27.4 Å². The van der Waals surface area contributed by atoms with Crippen molar-refractivity contribution in [3.8, 4) is 0 Å². The van der Waals surface area contributed by atoms with Crippen LogP contribution in [0.2, 0.25) is 0 Å². The van der Waals surface area contributed by atoms with Crippen LogP contribution in [0, 0.1) is 5.82 Å². The number of fused-ring (bicyclic) bond motifs is 1. The molecule has 0 amide bonds. The molecular weight excluding hydrogens is 385 g/mol. The zero-order valence-corrected chi connectivity index (χ0v) is 16.1. The molecule has 0 atom stereocenters. The molecule has 2 aromatic carbocycles. The van der Waals surface area contributed by atoms with Gasteiger partial charge in [0.2, 0.25) is 10.0 Å². The summed E-state index contributed by atoms with van der Waals surface area (Å²) in [6, 6.07) is 13.9. The molecule has 0 aliphatic heterocycles. The molecule has 0 bridgehead atoms. The van der Waals surface area contributed by atoms with Gasteiger partial charge in [0.1, 0.15) is 23.8 Å². The summed E-state index contributed by atoms with van der Waals surface area (Å²) in [5.74, 6) is -0.396. The van der Waals surface area contributed by atoms with Gasteiger partial charge in [-0.3, -0.25) is 4.79 Å². The van der Waals surface area contributed by atoms with Gasteiger partial charge < -0.3 is 9.15 Å². The fourth-order valence-corrected chi connectivity index (χ4v) is 3.89. The second kappa shape index (κ2) is 8.53. The van der Waals surface area contributed by atoms with E-state index >= 15 is 0 Å². The minimum atomic E-state index is -3.72. The van der Waals surface area contributed by atoms with Crippen LogP contribution in [0.5, 0.6) is 0 Å². The number of benzene rings is 2. The van der Waals surface area contributed by atoms with Crippen molar-refractivity contribution in [2.24, 2.45) is 0 Å². The van der Waals surface area contributed by atoms with E-state index in [4.69, 9.17) is 9.15 Å². The van der Waals surface area contributed by atoms with Gasteiger partial charge in [0, 0.05) is 25.4 Å². The monoisotopic (exact) mass is 405 g/mol. The maximum Gasteiger partial charge on any atom is 0.306 e. The third-order valence-electron chi connectivity index (χ3n) is 4.23. The van der Waals surface area contributed by atoms with Crippen molar-refractivity contribution in [2.45, 2.75) is 24.3 Å². The van der Waals surface area contributed by atoms with Crippen LogP contribution >= 0.6 is 0 Å². The summed E-state index contributed by atoms with van der Waals surface area (Å²) in [6.07, 6.45) is 0.374. The number of hydrogen-bond donors (Lipinski definition) is 0. The SMILES string of the molecule is CN(CCCC(=O)OCc1cc2ccccc2o1)S(=O)(=O)c1ccc(F)cc1. The summed E-state index contributed by atoms with van der Waals surface area (Å²) in [7, 11) is -2.31. The van der Waals surface area contributed by atoms with E-state index in [9.17, 15) is 17.6 Å². The predicted molar refractivity (Wildman–Crippen MR) is 101 cm³/mol. The van der Waals surface area contributed by atoms with Crippen LogP contribution in [0.3, 0.4) is 0 Å². The smallest absolute Gasteiger partial charge is 0.306 e. The minimum Gasteiger partial charge on any atom is -0.457 e. The first-order valence-electron chi connectivity index (χ1n) is 8.71. The molecule has 8 heteroatoms. The number of sulfonamides is 1. The third kappa shape index (κ3) is 4.76. The van der Waals surface area contributed by atoms with Gasteiger partial charge in [-0.25, -0.2) is 17.1 Å². The highest BCUT2D eigenvalue weighted by atomic mass is 32.2. The summed E-state index contributed by atoms with van der Waals surface area (Å²) in [6.45, 7) is 0.163. The quantitative estimate of drug-likeness (QED) is 0.534. The van der Waals surface area contributed by atoms with Gasteiger partial charge in [0.25, 0.3) is 0 Å². The number of nitrogens with zero attached hydrogens (tertiary/aromatic N) is 1. The average Bonchev–Trinajstić information content (AvgIpc) is 3.09. The second-order valence-corrected chi connectivity index (χ2v) is 8.34. The number of rotatable bonds is 8. The zero-order chi connectivity index (χ0) is 20.1. The molecule has 148 valence electrons. The molecule has 3 aromatic rings. The van der Waals surface area contributed by atoms with Gasteiger partial charge in [0.05, 0.1) is 4.90 Å². The summed E-state index contributed by atoms with van der Waals surface area (Å²) in [5.41, 5.74) is 0.723. The lowest BCUT2D eigenvalue weighted by molar-refractivity contribution is -0.145. The summed E-state index contributed by atoms with van der Waals surface area (Å²) in [4.78, 5) is 11.9. The van der Waals surface area contributed by atoms with E-state index in [1.54, 1.807) is 0 Å². The lowest BCUT2D eigenvalue weighted by atomic mass is 10.2. The number of halogens is 1. The molecule has 0 spiro atoms. The molecule has 0 aliphatic carbocycles. The fourth-order valence-electron chi connectivity index (χ4n) is 2.68. The maximum atomic E-state index is 13.0. The van der Waals surface area contributed by atoms with Gasteiger partial charge >= 0.3 is 5.97 Å². The Hall–Kier alpha value is -2.71. The largest absolute Gasteiger partial charge is 0.457 e. The summed E-state index contributed by atoms with van der Waals surface area (Å²) >= 11 is 0. The van der Waals surface area contributed by atoms with E-state index in [0.29, 0.717) is 12.2 Å². The fraction of sp³-hybridized carbons (Fsp3) is 0.250. The Labute approximate surface area is 162 Å². The number of ether oxygens (including phenoxy) is 1. The van der Waals surface area contributed by atoms with E-state index in [1.165, 1.54) is 19.2 Å². The first-order valence-corrected chi connectivity index (χ1v) is 10.2. The molecule has 0 aliphatic rings. The highest BCUT2D eigenvalue weighted by Crippen LogP contribution is 2.19. The Kier molecular flexibility index (Phi) is 6.11. The lowest BCUT2D eigenvalue weighted by Gasteiger charge is -2.16. The first-order chi connectivity index (χ1) is 13.4. The Morgan fingerprint density at radius 1 is 1.14 bits per heavy atom. The van der Waals surface area contributed by atoms with E-state index in [-0.39, 0.29) is 24.5 Å². The molecular formula is C20H20FNO5S. The Morgan fingerprint density at radius 3 is 2.57 bits per heavy atom. The number of hydrogen-bond acceptors (Lipinski definition) is 5. The van der Waals surface area contributed by atoms with Crippen molar-refractivity contribution >= 4 is 27.0 Å². The Balaban J connectivity index is 1.46. The van der Waals surface area contributed by atoms with Crippen LogP contribution in [0.15, 0.2) is 63.9 Å². The number of carbonyl (C=O) groups is 1.